The molecule has 0 saturated carbocycles. The van der Waals surface area contributed by atoms with Gasteiger partial charge in [-0.2, -0.15) is 0 Å². The summed E-state index contributed by atoms with van der Waals surface area (Å²) >= 11 is -1.33. The minimum absolute atomic E-state index is 0.0164. The van der Waals surface area contributed by atoms with Crippen LogP contribution in [0.2, 0.25) is 0 Å². The fourth-order valence-electron chi connectivity index (χ4n) is 2.50. The Labute approximate surface area is 151 Å². The molecule has 1 aromatic heterocycles. The van der Waals surface area contributed by atoms with E-state index in [1.807, 2.05) is 43.3 Å². The van der Waals surface area contributed by atoms with Crippen LogP contribution in [0.5, 0.6) is 0 Å². The van der Waals surface area contributed by atoms with Gasteiger partial charge in [0, 0.05) is 4.88 Å². The largest absolute Gasteiger partial charge is 0.477 e. The Morgan fingerprint density at radius 2 is 1.80 bits per heavy atom. The number of benzene rings is 2. The summed E-state index contributed by atoms with van der Waals surface area (Å²) in [5.74, 6) is -1.13. The highest BCUT2D eigenvalue weighted by Gasteiger charge is 2.25. The molecule has 1 unspecified atom stereocenters. The third-order valence-electron chi connectivity index (χ3n) is 3.58. The first-order valence-corrected chi connectivity index (χ1v) is 9.25. The zero-order valence-corrected chi connectivity index (χ0v) is 14.9. The summed E-state index contributed by atoms with van der Waals surface area (Å²) in [6, 6.07) is 18.0. The van der Waals surface area contributed by atoms with Gasteiger partial charge in [0.25, 0.3) is 11.3 Å². The molecule has 0 saturated heterocycles. The summed E-state index contributed by atoms with van der Waals surface area (Å²) in [6.07, 6.45) is 0. The second kappa shape index (κ2) is 7.18. The van der Waals surface area contributed by atoms with Crippen molar-refractivity contribution in [3.05, 3.63) is 71.1 Å². The molecule has 0 aliphatic heterocycles. The zero-order valence-electron chi connectivity index (χ0n) is 13.2. The van der Waals surface area contributed by atoms with E-state index in [2.05, 4.69) is 0 Å². The summed E-state index contributed by atoms with van der Waals surface area (Å²) < 4.78 is 22.9. The minimum atomic E-state index is -2.41. The standard InChI is InChI=1S/C18H15NO4S2/c1-12-6-5-9-14(10-12)19(25(22)23)15-11-16(24-17(15)18(20)21)13-7-3-2-4-8-13/h2-11H,1H3,(H,20,21)(H,22,23). The summed E-state index contributed by atoms with van der Waals surface area (Å²) in [6.45, 7) is 1.86. The Morgan fingerprint density at radius 1 is 1.08 bits per heavy atom. The molecule has 0 fully saturated rings. The first-order chi connectivity index (χ1) is 12.0. The molecule has 5 nitrogen and oxygen atoms in total. The lowest BCUT2D eigenvalue weighted by molar-refractivity contribution is 0.0703. The van der Waals surface area contributed by atoms with Crippen molar-refractivity contribution in [2.75, 3.05) is 4.31 Å². The van der Waals surface area contributed by atoms with Crippen molar-refractivity contribution < 1.29 is 18.7 Å². The maximum Gasteiger partial charge on any atom is 0.348 e. The molecule has 3 aromatic rings. The highest BCUT2D eigenvalue weighted by molar-refractivity contribution is 7.81. The monoisotopic (exact) mass is 373 g/mol. The van der Waals surface area contributed by atoms with Gasteiger partial charge in [0.15, 0.2) is 0 Å². The maximum absolute atomic E-state index is 12.0. The first kappa shape index (κ1) is 17.3. The molecule has 0 bridgehead atoms. The summed E-state index contributed by atoms with van der Waals surface area (Å²) in [4.78, 5) is 12.4. The number of carboxylic acids is 1. The molecule has 1 atom stereocenters. The average Bonchev–Trinajstić information content (AvgIpc) is 3.01. The van der Waals surface area contributed by atoms with Crippen LogP contribution >= 0.6 is 11.3 Å². The topological polar surface area (TPSA) is 77.8 Å². The van der Waals surface area contributed by atoms with Crippen LogP contribution in [0.1, 0.15) is 15.2 Å². The molecule has 0 amide bonds. The number of rotatable bonds is 5. The second-order valence-electron chi connectivity index (χ2n) is 5.36. The SMILES string of the molecule is Cc1cccc(N(c2cc(-c3ccccc3)sc2C(=O)O)S(=O)O)c1. The smallest absolute Gasteiger partial charge is 0.348 e. The molecule has 1 heterocycles. The molecular weight excluding hydrogens is 358 g/mol. The van der Waals surface area contributed by atoms with E-state index in [0.29, 0.717) is 5.69 Å². The number of aryl methyl sites for hydroxylation is 1. The first-order valence-electron chi connectivity index (χ1n) is 7.37. The van der Waals surface area contributed by atoms with E-state index >= 15 is 0 Å². The van der Waals surface area contributed by atoms with Gasteiger partial charge in [0.1, 0.15) is 4.88 Å². The third kappa shape index (κ3) is 3.63. The quantitative estimate of drug-likeness (QED) is 0.636. The molecule has 0 aliphatic carbocycles. The molecule has 0 radical (unpaired) electrons. The number of aromatic carboxylic acids is 1. The van der Waals surface area contributed by atoms with E-state index in [1.165, 1.54) is 0 Å². The predicted octanol–water partition coefficient (Wildman–Crippen LogP) is 4.70. The van der Waals surface area contributed by atoms with Gasteiger partial charge in [0.2, 0.25) is 0 Å². The molecule has 0 spiro atoms. The van der Waals surface area contributed by atoms with Crippen LogP contribution in [0.3, 0.4) is 0 Å². The summed E-state index contributed by atoms with van der Waals surface area (Å²) in [7, 11) is 0. The maximum atomic E-state index is 12.0. The van der Waals surface area contributed by atoms with Crippen molar-refractivity contribution in [2.45, 2.75) is 6.92 Å². The van der Waals surface area contributed by atoms with Gasteiger partial charge >= 0.3 is 5.97 Å². The van der Waals surface area contributed by atoms with Crippen LogP contribution in [-0.2, 0) is 11.3 Å². The van der Waals surface area contributed by atoms with Gasteiger partial charge in [-0.3, -0.25) is 4.55 Å². The van der Waals surface area contributed by atoms with E-state index in [0.717, 1.165) is 31.6 Å². The van der Waals surface area contributed by atoms with Crippen LogP contribution in [0.4, 0.5) is 11.4 Å². The Morgan fingerprint density at radius 3 is 2.40 bits per heavy atom. The van der Waals surface area contributed by atoms with Crippen molar-refractivity contribution in [2.24, 2.45) is 0 Å². The van der Waals surface area contributed by atoms with E-state index in [4.69, 9.17) is 0 Å². The molecule has 2 N–H and O–H groups in total. The zero-order chi connectivity index (χ0) is 18.0. The molecular formula is C18H15NO4S2. The Hall–Kier alpha value is -2.48. The lowest BCUT2D eigenvalue weighted by atomic mass is 10.2. The van der Waals surface area contributed by atoms with Crippen LogP contribution in [0, 0.1) is 6.92 Å². The molecule has 0 aliphatic rings. The predicted molar refractivity (Wildman–Crippen MR) is 101 cm³/mol. The lowest BCUT2D eigenvalue weighted by Gasteiger charge is -2.20. The Balaban J connectivity index is 2.17. The number of anilines is 2. The van der Waals surface area contributed by atoms with Gasteiger partial charge in [-0.15, -0.1) is 11.3 Å². The molecule has 128 valence electrons. The van der Waals surface area contributed by atoms with Gasteiger partial charge in [-0.1, -0.05) is 42.5 Å². The highest BCUT2D eigenvalue weighted by atomic mass is 32.2. The summed E-state index contributed by atoms with van der Waals surface area (Å²) in [5.41, 5.74) is 2.42. The highest BCUT2D eigenvalue weighted by Crippen LogP contribution is 2.40. The average molecular weight is 373 g/mol. The van der Waals surface area contributed by atoms with Crippen molar-refractivity contribution >= 4 is 39.9 Å². The van der Waals surface area contributed by atoms with E-state index in [9.17, 15) is 18.7 Å². The fourth-order valence-corrected chi connectivity index (χ4v) is 4.15. The van der Waals surface area contributed by atoms with Crippen molar-refractivity contribution in [1.29, 1.82) is 0 Å². The normalized spacial score (nSPS) is 11.9. The Kier molecular flexibility index (Phi) is 4.98. The number of hydrogen-bond donors (Lipinski definition) is 2. The van der Waals surface area contributed by atoms with Crippen LogP contribution < -0.4 is 4.31 Å². The van der Waals surface area contributed by atoms with Gasteiger partial charge < -0.3 is 5.11 Å². The van der Waals surface area contributed by atoms with Crippen LogP contribution in [0.25, 0.3) is 10.4 Å². The lowest BCUT2D eigenvalue weighted by Crippen LogP contribution is -2.20. The summed E-state index contributed by atoms with van der Waals surface area (Å²) in [5, 5.41) is 9.56. The minimum Gasteiger partial charge on any atom is -0.477 e. The van der Waals surface area contributed by atoms with Crippen molar-refractivity contribution in [3.8, 4) is 10.4 Å². The fraction of sp³-hybridized carbons (Fsp3) is 0.0556. The van der Waals surface area contributed by atoms with Gasteiger partial charge in [-0.05, 0) is 36.2 Å². The number of carbonyl (C=O) groups is 1. The number of thiophene rings is 1. The third-order valence-corrected chi connectivity index (χ3v) is 5.46. The van der Waals surface area contributed by atoms with Crippen molar-refractivity contribution in [3.63, 3.8) is 0 Å². The van der Waals surface area contributed by atoms with Crippen LogP contribution in [0.15, 0.2) is 60.7 Å². The molecule has 7 heteroatoms. The van der Waals surface area contributed by atoms with E-state index in [-0.39, 0.29) is 10.6 Å². The van der Waals surface area contributed by atoms with E-state index < -0.39 is 17.2 Å². The number of nitrogens with zero attached hydrogens (tertiary/aromatic N) is 1. The van der Waals surface area contributed by atoms with Gasteiger partial charge in [0.05, 0.1) is 11.4 Å². The van der Waals surface area contributed by atoms with Gasteiger partial charge in [-0.25, -0.2) is 13.3 Å². The molecule has 2 aromatic carbocycles. The Bertz CT molecular complexity index is 937. The van der Waals surface area contributed by atoms with E-state index in [1.54, 1.807) is 24.3 Å². The van der Waals surface area contributed by atoms with Crippen LogP contribution in [-0.4, -0.2) is 19.8 Å². The number of carboxylic acid groups (broad SMARTS) is 1. The molecule has 25 heavy (non-hydrogen) atoms. The molecule has 3 rings (SSSR count). The second-order valence-corrected chi connectivity index (χ2v) is 7.24. The van der Waals surface area contributed by atoms with Crippen molar-refractivity contribution in [1.82, 2.24) is 0 Å². The number of hydrogen-bond acceptors (Lipinski definition) is 3.